The van der Waals surface area contributed by atoms with Crippen molar-refractivity contribution in [2.24, 2.45) is 0 Å². The molecule has 0 aromatic heterocycles. The maximum absolute atomic E-state index is 13.0. The molecule has 0 fully saturated rings. The lowest BCUT2D eigenvalue weighted by atomic mass is 9.94. The summed E-state index contributed by atoms with van der Waals surface area (Å²) in [6.45, 7) is 6.24. The van der Waals surface area contributed by atoms with Crippen molar-refractivity contribution in [2.45, 2.75) is 52.9 Å². The Bertz CT molecular complexity index is 1060. The van der Waals surface area contributed by atoms with E-state index in [1.807, 2.05) is 12.1 Å². The predicted molar refractivity (Wildman–Crippen MR) is 127 cm³/mol. The van der Waals surface area contributed by atoms with E-state index in [-0.39, 0.29) is 0 Å². The molecule has 0 radical (unpaired) electrons. The number of hydrogen-bond acceptors (Lipinski definition) is 4. The number of rotatable bonds is 9. The normalized spacial score (nSPS) is 10.6. The number of benzene rings is 3. The second kappa shape index (κ2) is 11.3. The third-order valence-corrected chi connectivity index (χ3v) is 5.32. The van der Waals surface area contributed by atoms with Crippen molar-refractivity contribution >= 4 is 11.9 Å². The van der Waals surface area contributed by atoms with Gasteiger partial charge in [-0.1, -0.05) is 76.1 Å². The van der Waals surface area contributed by atoms with Crippen molar-refractivity contribution in [1.29, 1.82) is 0 Å². The van der Waals surface area contributed by atoms with Crippen molar-refractivity contribution in [1.82, 2.24) is 0 Å². The molecular weight excluding hydrogens is 400 g/mol. The van der Waals surface area contributed by atoms with Gasteiger partial charge in [0, 0.05) is 5.56 Å². The number of carbonyl (C=O) groups excluding carboxylic acids is 2. The molecule has 166 valence electrons. The molecular formula is C28H30O4. The van der Waals surface area contributed by atoms with Crippen LogP contribution in [0.5, 0.6) is 11.5 Å². The molecule has 0 saturated heterocycles. The van der Waals surface area contributed by atoms with Crippen molar-refractivity contribution in [3.8, 4) is 11.5 Å². The lowest BCUT2D eigenvalue weighted by molar-refractivity contribution is 0.0679. The minimum atomic E-state index is -0.466. The van der Waals surface area contributed by atoms with Gasteiger partial charge in [0.25, 0.3) is 0 Å². The Kier molecular flexibility index (Phi) is 8.20. The van der Waals surface area contributed by atoms with Crippen molar-refractivity contribution in [3.63, 3.8) is 0 Å². The molecule has 3 aromatic rings. The molecule has 0 heterocycles. The number of hydrogen-bond donors (Lipinski definition) is 0. The Morgan fingerprint density at radius 2 is 1.16 bits per heavy atom. The van der Waals surface area contributed by atoms with Crippen LogP contribution in [0.1, 0.15) is 71.0 Å². The molecule has 0 N–H and O–H groups in total. The largest absolute Gasteiger partial charge is 0.419 e. The van der Waals surface area contributed by atoms with Crippen LogP contribution in [0.2, 0.25) is 0 Å². The monoisotopic (exact) mass is 430 g/mol. The Labute approximate surface area is 190 Å². The predicted octanol–water partition coefficient (Wildman–Crippen LogP) is 6.59. The van der Waals surface area contributed by atoms with E-state index in [1.54, 1.807) is 48.5 Å². The van der Waals surface area contributed by atoms with E-state index in [0.717, 1.165) is 42.4 Å². The van der Waals surface area contributed by atoms with E-state index < -0.39 is 11.9 Å². The number of ether oxygens (including phenoxy) is 2. The molecule has 3 rings (SSSR count). The summed E-state index contributed by atoms with van der Waals surface area (Å²) in [4.78, 5) is 25.9. The van der Waals surface area contributed by atoms with Gasteiger partial charge in [0.05, 0.1) is 11.1 Å². The third kappa shape index (κ3) is 5.44. The lowest BCUT2D eigenvalue weighted by Crippen LogP contribution is -2.16. The third-order valence-electron chi connectivity index (χ3n) is 5.32. The fraction of sp³-hybridized carbons (Fsp3) is 0.286. The van der Waals surface area contributed by atoms with Crippen LogP contribution in [0.15, 0.2) is 66.7 Å². The summed E-state index contributed by atoms with van der Waals surface area (Å²) in [5, 5.41) is 0. The maximum Gasteiger partial charge on any atom is 0.343 e. The quantitative estimate of drug-likeness (QED) is 0.284. The summed E-state index contributed by atoms with van der Waals surface area (Å²) in [5.41, 5.74) is 3.83. The SMILES string of the molecule is CCCc1cc(CC)c(CCC)c(OC(=O)c2ccccc2)c1OC(=O)c1ccccc1. The molecule has 32 heavy (non-hydrogen) atoms. The average Bonchev–Trinajstić information content (AvgIpc) is 2.83. The summed E-state index contributed by atoms with van der Waals surface area (Å²) in [5.74, 6) is -0.208. The molecule has 0 spiro atoms. The van der Waals surface area contributed by atoms with Crippen LogP contribution in [0.3, 0.4) is 0 Å². The highest BCUT2D eigenvalue weighted by Gasteiger charge is 2.25. The first kappa shape index (κ1) is 23.3. The molecule has 0 aliphatic rings. The molecule has 0 aliphatic heterocycles. The summed E-state index contributed by atoms with van der Waals surface area (Å²) < 4.78 is 11.9. The van der Waals surface area contributed by atoms with E-state index in [9.17, 15) is 9.59 Å². The highest BCUT2D eigenvalue weighted by atomic mass is 16.6. The summed E-state index contributed by atoms with van der Waals surface area (Å²) in [6.07, 6.45) is 3.99. The number of carbonyl (C=O) groups is 2. The van der Waals surface area contributed by atoms with Crippen LogP contribution < -0.4 is 9.47 Å². The van der Waals surface area contributed by atoms with E-state index in [1.165, 1.54) is 0 Å². The first-order chi connectivity index (χ1) is 15.6. The Hall–Kier alpha value is -3.40. The van der Waals surface area contributed by atoms with Gasteiger partial charge in [-0.15, -0.1) is 0 Å². The molecule has 0 atom stereocenters. The number of esters is 2. The zero-order chi connectivity index (χ0) is 22.9. The minimum absolute atomic E-state index is 0.352. The van der Waals surface area contributed by atoms with Gasteiger partial charge in [-0.25, -0.2) is 9.59 Å². The van der Waals surface area contributed by atoms with Gasteiger partial charge >= 0.3 is 11.9 Å². The van der Waals surface area contributed by atoms with Crippen LogP contribution in [0.25, 0.3) is 0 Å². The van der Waals surface area contributed by atoms with Crippen molar-refractivity contribution in [3.05, 3.63) is 94.5 Å². The van der Waals surface area contributed by atoms with Crippen LogP contribution >= 0.6 is 0 Å². The second-order valence-corrected chi connectivity index (χ2v) is 7.70. The first-order valence-corrected chi connectivity index (χ1v) is 11.3. The van der Waals surface area contributed by atoms with Crippen LogP contribution in [0, 0.1) is 0 Å². The van der Waals surface area contributed by atoms with Gasteiger partial charge < -0.3 is 9.47 Å². The molecule has 0 bridgehead atoms. The fourth-order valence-corrected chi connectivity index (χ4v) is 3.76. The molecule has 0 saturated carbocycles. The van der Waals surface area contributed by atoms with Gasteiger partial charge in [0.2, 0.25) is 0 Å². The van der Waals surface area contributed by atoms with Crippen molar-refractivity contribution in [2.75, 3.05) is 0 Å². The molecule has 0 amide bonds. The van der Waals surface area contributed by atoms with E-state index >= 15 is 0 Å². The average molecular weight is 431 g/mol. The van der Waals surface area contributed by atoms with E-state index in [4.69, 9.17) is 9.47 Å². The molecule has 0 aliphatic carbocycles. The topological polar surface area (TPSA) is 52.6 Å². The smallest absolute Gasteiger partial charge is 0.343 e. The highest BCUT2D eigenvalue weighted by Crippen LogP contribution is 2.40. The van der Waals surface area contributed by atoms with Gasteiger partial charge in [-0.2, -0.15) is 0 Å². The first-order valence-electron chi connectivity index (χ1n) is 11.3. The molecule has 3 aromatic carbocycles. The molecule has 4 heteroatoms. The zero-order valence-corrected chi connectivity index (χ0v) is 19.0. The standard InChI is InChI=1S/C28H30O4/c1-4-13-23-19-20(6-3)24(14-5-2)26(32-28(30)22-17-11-8-12-18-22)25(23)31-27(29)21-15-9-7-10-16-21/h7-12,15-19H,4-6,13-14H2,1-3H3. The highest BCUT2D eigenvalue weighted by molar-refractivity contribution is 5.93. The number of aryl methyl sites for hydroxylation is 2. The maximum atomic E-state index is 13.0. The fourth-order valence-electron chi connectivity index (χ4n) is 3.76. The van der Waals surface area contributed by atoms with E-state index in [2.05, 4.69) is 26.8 Å². The van der Waals surface area contributed by atoms with Crippen LogP contribution in [-0.4, -0.2) is 11.9 Å². The van der Waals surface area contributed by atoms with Crippen molar-refractivity contribution < 1.29 is 19.1 Å². The Balaban J connectivity index is 2.13. The van der Waals surface area contributed by atoms with Gasteiger partial charge in [-0.3, -0.25) is 0 Å². The summed E-state index contributed by atoms with van der Waals surface area (Å²) >= 11 is 0. The van der Waals surface area contributed by atoms with Crippen LogP contribution in [0.4, 0.5) is 0 Å². The molecule has 0 unspecified atom stereocenters. The van der Waals surface area contributed by atoms with Gasteiger partial charge in [0.15, 0.2) is 11.5 Å². The summed E-state index contributed by atoms with van der Waals surface area (Å²) in [6, 6.07) is 19.8. The molecule has 4 nitrogen and oxygen atoms in total. The zero-order valence-electron chi connectivity index (χ0n) is 19.0. The van der Waals surface area contributed by atoms with Gasteiger partial charge in [-0.05, 0) is 54.7 Å². The van der Waals surface area contributed by atoms with Crippen LogP contribution in [-0.2, 0) is 19.3 Å². The lowest BCUT2D eigenvalue weighted by Gasteiger charge is -2.21. The van der Waals surface area contributed by atoms with E-state index in [0.29, 0.717) is 29.0 Å². The second-order valence-electron chi connectivity index (χ2n) is 7.70. The summed E-state index contributed by atoms with van der Waals surface area (Å²) in [7, 11) is 0. The Morgan fingerprint density at radius 3 is 1.62 bits per heavy atom. The van der Waals surface area contributed by atoms with Gasteiger partial charge in [0.1, 0.15) is 0 Å². The Morgan fingerprint density at radius 1 is 0.656 bits per heavy atom. The minimum Gasteiger partial charge on any atom is -0.419 e.